The van der Waals surface area contributed by atoms with Gasteiger partial charge in [0.2, 0.25) is 0 Å². The number of halogens is 2. The van der Waals surface area contributed by atoms with Crippen LogP contribution in [0, 0.1) is 5.82 Å². The summed E-state index contributed by atoms with van der Waals surface area (Å²) in [6, 6.07) is 6.05. The van der Waals surface area contributed by atoms with Gasteiger partial charge in [-0.3, -0.25) is 0 Å². The first-order valence-electron chi connectivity index (χ1n) is 3.68. The van der Waals surface area contributed by atoms with Gasteiger partial charge in [-0.25, -0.2) is 9.37 Å². The van der Waals surface area contributed by atoms with Gasteiger partial charge in [0.15, 0.2) is 0 Å². The summed E-state index contributed by atoms with van der Waals surface area (Å²) in [6.45, 7) is 0. The number of nitrogens with zero attached hydrogens (tertiary/aromatic N) is 1. The second-order valence-corrected chi connectivity index (χ2v) is 3.51. The summed E-state index contributed by atoms with van der Waals surface area (Å²) in [6.07, 6.45) is 0. The van der Waals surface area contributed by atoms with E-state index in [1.807, 2.05) is 0 Å². The summed E-state index contributed by atoms with van der Waals surface area (Å²) >= 11 is 3.19. The highest BCUT2D eigenvalue weighted by Gasteiger charge is 2.02. The zero-order chi connectivity index (χ0) is 9.42. The predicted molar refractivity (Wildman–Crippen MR) is 53.8 cm³/mol. The summed E-state index contributed by atoms with van der Waals surface area (Å²) in [5, 5.41) is 0.768. The highest BCUT2D eigenvalue weighted by Crippen LogP contribution is 2.23. The van der Waals surface area contributed by atoms with Crippen molar-refractivity contribution < 1.29 is 4.39 Å². The Bertz CT molecular complexity index is 465. The highest BCUT2D eigenvalue weighted by atomic mass is 79.9. The molecule has 0 aliphatic heterocycles. The molecule has 13 heavy (non-hydrogen) atoms. The van der Waals surface area contributed by atoms with Gasteiger partial charge < -0.3 is 5.73 Å². The predicted octanol–water partition coefficient (Wildman–Crippen LogP) is 2.72. The van der Waals surface area contributed by atoms with Crippen LogP contribution in [0.1, 0.15) is 0 Å². The Labute approximate surface area is 82.7 Å². The van der Waals surface area contributed by atoms with Gasteiger partial charge >= 0.3 is 0 Å². The molecule has 0 aliphatic rings. The normalized spacial score (nSPS) is 10.6. The van der Waals surface area contributed by atoms with E-state index in [1.54, 1.807) is 12.1 Å². The third-order valence-electron chi connectivity index (χ3n) is 1.77. The molecule has 0 saturated heterocycles. The number of nitrogens with two attached hydrogens (primary N) is 1. The molecule has 1 aromatic heterocycles. The van der Waals surface area contributed by atoms with Crippen molar-refractivity contribution in [2.75, 3.05) is 5.73 Å². The minimum Gasteiger partial charge on any atom is -0.398 e. The van der Waals surface area contributed by atoms with E-state index < -0.39 is 0 Å². The molecule has 0 radical (unpaired) electrons. The van der Waals surface area contributed by atoms with Gasteiger partial charge in [0.1, 0.15) is 10.4 Å². The molecule has 2 rings (SSSR count). The molecule has 4 heteroatoms. The fourth-order valence-corrected chi connectivity index (χ4v) is 1.63. The molecular weight excluding hydrogens is 235 g/mol. The maximum atomic E-state index is 12.8. The molecule has 0 saturated carbocycles. The molecule has 1 aromatic carbocycles. The van der Waals surface area contributed by atoms with Crippen molar-refractivity contribution in [3.8, 4) is 0 Å². The number of rotatable bonds is 0. The van der Waals surface area contributed by atoms with Gasteiger partial charge in [-0.15, -0.1) is 0 Å². The fourth-order valence-electron chi connectivity index (χ4n) is 1.19. The van der Waals surface area contributed by atoms with Gasteiger partial charge in [0.05, 0.1) is 5.52 Å². The molecule has 2 aromatic rings. The summed E-state index contributed by atoms with van der Waals surface area (Å²) in [4.78, 5) is 4.09. The maximum Gasteiger partial charge on any atom is 0.125 e. The third kappa shape index (κ3) is 1.49. The second-order valence-electron chi connectivity index (χ2n) is 2.70. The van der Waals surface area contributed by atoms with Crippen LogP contribution in [0.25, 0.3) is 10.9 Å². The minimum absolute atomic E-state index is 0.308. The number of nitrogen functional groups attached to an aromatic ring is 1. The summed E-state index contributed by atoms with van der Waals surface area (Å²) in [5.41, 5.74) is 6.87. The topological polar surface area (TPSA) is 38.9 Å². The quantitative estimate of drug-likeness (QED) is 0.720. The van der Waals surface area contributed by atoms with Crippen LogP contribution in [-0.2, 0) is 0 Å². The number of hydrogen-bond donors (Lipinski definition) is 1. The number of hydrogen-bond acceptors (Lipinski definition) is 2. The zero-order valence-corrected chi connectivity index (χ0v) is 8.18. The Morgan fingerprint density at radius 1 is 1.31 bits per heavy atom. The molecule has 0 bridgehead atoms. The van der Waals surface area contributed by atoms with Gasteiger partial charge in [-0.2, -0.15) is 0 Å². The summed E-state index contributed by atoms with van der Waals surface area (Å²) in [5.74, 6) is -0.308. The largest absolute Gasteiger partial charge is 0.398 e. The molecule has 1 heterocycles. The van der Waals surface area contributed by atoms with E-state index in [9.17, 15) is 4.39 Å². The molecule has 66 valence electrons. The van der Waals surface area contributed by atoms with E-state index in [-0.39, 0.29) is 5.82 Å². The van der Waals surface area contributed by atoms with Crippen molar-refractivity contribution in [1.29, 1.82) is 0 Å². The van der Waals surface area contributed by atoms with Crippen LogP contribution in [0.2, 0.25) is 0 Å². The van der Waals surface area contributed by atoms with Crippen LogP contribution in [0.15, 0.2) is 28.9 Å². The van der Waals surface area contributed by atoms with Crippen molar-refractivity contribution in [2.45, 2.75) is 0 Å². The number of pyridine rings is 1. The number of anilines is 1. The van der Waals surface area contributed by atoms with E-state index in [0.717, 1.165) is 5.39 Å². The van der Waals surface area contributed by atoms with Crippen LogP contribution in [0.5, 0.6) is 0 Å². The van der Waals surface area contributed by atoms with Crippen molar-refractivity contribution in [1.82, 2.24) is 4.98 Å². The monoisotopic (exact) mass is 240 g/mol. The first-order valence-corrected chi connectivity index (χ1v) is 4.47. The second kappa shape index (κ2) is 2.96. The smallest absolute Gasteiger partial charge is 0.125 e. The fraction of sp³-hybridized carbons (Fsp3) is 0. The Kier molecular flexibility index (Phi) is 1.92. The summed E-state index contributed by atoms with van der Waals surface area (Å²) in [7, 11) is 0. The lowest BCUT2D eigenvalue weighted by Gasteiger charge is -2.01. The van der Waals surface area contributed by atoms with Crippen LogP contribution in [0.4, 0.5) is 10.1 Å². The summed E-state index contributed by atoms with van der Waals surface area (Å²) < 4.78 is 13.4. The van der Waals surface area contributed by atoms with Gasteiger partial charge in [0.25, 0.3) is 0 Å². The Balaban J connectivity index is 2.86. The third-order valence-corrected chi connectivity index (χ3v) is 2.18. The number of benzene rings is 1. The van der Waals surface area contributed by atoms with Gasteiger partial charge in [0, 0.05) is 17.1 Å². The Hall–Kier alpha value is -1.16. The van der Waals surface area contributed by atoms with E-state index in [1.165, 1.54) is 12.1 Å². The Morgan fingerprint density at radius 3 is 2.85 bits per heavy atom. The molecule has 0 unspecified atom stereocenters. The average molecular weight is 241 g/mol. The molecule has 0 aliphatic carbocycles. The molecule has 2 N–H and O–H groups in total. The SMILES string of the molecule is Nc1cc(Br)nc2cc(F)ccc12. The molecular formula is C9H6BrFN2. The minimum atomic E-state index is -0.308. The van der Waals surface area contributed by atoms with Crippen LogP contribution in [-0.4, -0.2) is 4.98 Å². The number of aromatic nitrogens is 1. The van der Waals surface area contributed by atoms with Crippen molar-refractivity contribution in [3.63, 3.8) is 0 Å². The lowest BCUT2D eigenvalue weighted by molar-refractivity contribution is 0.629. The molecule has 2 nitrogen and oxygen atoms in total. The first kappa shape index (κ1) is 8.44. The van der Waals surface area contributed by atoms with Crippen molar-refractivity contribution in [2.24, 2.45) is 0 Å². The van der Waals surface area contributed by atoms with Gasteiger partial charge in [-0.1, -0.05) is 0 Å². The molecule has 0 amide bonds. The van der Waals surface area contributed by atoms with Crippen LogP contribution >= 0.6 is 15.9 Å². The Morgan fingerprint density at radius 2 is 2.08 bits per heavy atom. The van der Waals surface area contributed by atoms with Crippen molar-refractivity contribution in [3.05, 3.63) is 34.7 Å². The highest BCUT2D eigenvalue weighted by molar-refractivity contribution is 9.10. The lowest BCUT2D eigenvalue weighted by Crippen LogP contribution is -1.90. The van der Waals surface area contributed by atoms with Gasteiger partial charge in [-0.05, 0) is 34.1 Å². The maximum absolute atomic E-state index is 12.8. The zero-order valence-electron chi connectivity index (χ0n) is 6.59. The van der Waals surface area contributed by atoms with E-state index in [0.29, 0.717) is 15.8 Å². The molecule has 0 atom stereocenters. The molecule has 0 fully saturated rings. The van der Waals surface area contributed by atoms with Crippen molar-refractivity contribution >= 4 is 32.5 Å². The first-order chi connectivity index (χ1) is 6.16. The standard InChI is InChI=1S/C9H6BrFN2/c10-9-4-7(12)6-2-1-5(11)3-8(6)13-9/h1-4H,(H2,12,13). The van der Waals surface area contributed by atoms with Crippen LogP contribution in [0.3, 0.4) is 0 Å². The lowest BCUT2D eigenvalue weighted by atomic mass is 10.2. The van der Waals surface area contributed by atoms with Crippen LogP contribution < -0.4 is 5.73 Å². The van der Waals surface area contributed by atoms with E-state index >= 15 is 0 Å². The average Bonchev–Trinajstić information content (AvgIpc) is 2.02. The molecule has 0 spiro atoms. The number of fused-ring (bicyclic) bond motifs is 1. The van der Waals surface area contributed by atoms with E-state index in [2.05, 4.69) is 20.9 Å². The van der Waals surface area contributed by atoms with E-state index in [4.69, 9.17) is 5.73 Å².